The Morgan fingerprint density at radius 2 is 1.93 bits per heavy atom. The minimum absolute atomic E-state index is 0.252. The van der Waals surface area contributed by atoms with Gasteiger partial charge in [0.15, 0.2) is 17.5 Å². The van der Waals surface area contributed by atoms with Crippen LogP contribution in [0.5, 0.6) is 5.75 Å². The van der Waals surface area contributed by atoms with Crippen LogP contribution in [0.25, 0.3) is 0 Å². The van der Waals surface area contributed by atoms with E-state index in [0.717, 1.165) is 44.0 Å². The number of aliphatic imine (C=N–C) groups is 1. The van der Waals surface area contributed by atoms with E-state index in [2.05, 4.69) is 24.8 Å². The maximum absolute atomic E-state index is 13.9. The van der Waals surface area contributed by atoms with Crippen molar-refractivity contribution in [2.24, 2.45) is 4.99 Å². The number of guanidine groups is 1. The fourth-order valence-electron chi connectivity index (χ4n) is 3.35. The first kappa shape index (κ1) is 23.4. The third-order valence-electron chi connectivity index (χ3n) is 4.66. The molecule has 0 saturated carbocycles. The fraction of sp³-hybridized carbons (Fsp3) is 0.632. The van der Waals surface area contributed by atoms with Gasteiger partial charge in [0.25, 0.3) is 0 Å². The highest BCUT2D eigenvalue weighted by Crippen LogP contribution is 2.19. The number of ether oxygens (including phenoxy) is 1. The number of hydrogen-bond donors (Lipinski definition) is 2. The van der Waals surface area contributed by atoms with Crippen molar-refractivity contribution in [2.75, 3.05) is 53.1 Å². The number of piperazine rings is 1. The minimum Gasteiger partial charge on any atom is -0.494 e. The quantitative estimate of drug-likeness (QED) is 0.494. The molecule has 0 bridgehead atoms. The zero-order valence-corrected chi connectivity index (χ0v) is 18.6. The van der Waals surface area contributed by atoms with E-state index in [9.17, 15) is 12.8 Å². The van der Waals surface area contributed by atoms with Crippen molar-refractivity contribution >= 4 is 16.0 Å². The molecule has 2 rings (SSSR count). The molecular formula is C19H32FN5O3S. The summed E-state index contributed by atoms with van der Waals surface area (Å²) in [6, 6.07) is 5.05. The van der Waals surface area contributed by atoms with Crippen LogP contribution in [0.3, 0.4) is 0 Å². The maximum atomic E-state index is 13.9. The number of methoxy groups -OCH3 is 1. The van der Waals surface area contributed by atoms with E-state index in [-0.39, 0.29) is 11.6 Å². The molecule has 0 spiro atoms. The Bertz CT molecular complexity index is 821. The summed E-state index contributed by atoms with van der Waals surface area (Å²) in [5.74, 6) is 0.642. The van der Waals surface area contributed by atoms with Crippen molar-refractivity contribution < 1.29 is 17.5 Å². The van der Waals surface area contributed by atoms with Gasteiger partial charge in [0.05, 0.1) is 13.4 Å². The summed E-state index contributed by atoms with van der Waals surface area (Å²) in [6.07, 6.45) is 1.15. The van der Waals surface area contributed by atoms with Gasteiger partial charge < -0.3 is 15.0 Å². The Balaban J connectivity index is 1.86. The molecule has 8 nitrogen and oxygen atoms in total. The molecule has 0 atom stereocenters. The second-order valence-corrected chi connectivity index (χ2v) is 9.64. The third kappa shape index (κ3) is 7.45. The zero-order valence-electron chi connectivity index (χ0n) is 17.8. The molecule has 0 amide bonds. The summed E-state index contributed by atoms with van der Waals surface area (Å²) < 4.78 is 44.4. The minimum atomic E-state index is -3.29. The first-order chi connectivity index (χ1) is 13.5. The highest BCUT2D eigenvalue weighted by atomic mass is 32.2. The van der Waals surface area contributed by atoms with Crippen molar-refractivity contribution in [3.05, 3.63) is 29.6 Å². The van der Waals surface area contributed by atoms with Crippen LogP contribution < -0.4 is 14.8 Å². The summed E-state index contributed by atoms with van der Waals surface area (Å²) >= 11 is 0. The van der Waals surface area contributed by atoms with Gasteiger partial charge in [-0.15, -0.1) is 0 Å². The molecule has 1 heterocycles. The molecule has 0 aliphatic carbocycles. The first-order valence-electron chi connectivity index (χ1n) is 9.52. The Morgan fingerprint density at radius 1 is 1.28 bits per heavy atom. The van der Waals surface area contributed by atoms with Crippen LogP contribution in [0.4, 0.5) is 4.39 Å². The number of sulfonamides is 1. The lowest BCUT2D eigenvalue weighted by atomic mass is 10.1. The van der Waals surface area contributed by atoms with E-state index in [1.54, 1.807) is 13.1 Å². The molecule has 0 radical (unpaired) electrons. The summed E-state index contributed by atoms with van der Waals surface area (Å²) in [7, 11) is -0.122. The molecule has 1 aromatic rings. The average Bonchev–Trinajstić information content (AvgIpc) is 2.61. The normalized spacial score (nSPS) is 16.8. The van der Waals surface area contributed by atoms with E-state index in [1.165, 1.54) is 13.2 Å². The molecule has 0 aromatic heterocycles. The molecule has 1 saturated heterocycles. The van der Waals surface area contributed by atoms with Gasteiger partial charge in [-0.1, -0.05) is 6.07 Å². The van der Waals surface area contributed by atoms with Crippen LogP contribution in [-0.2, 0) is 16.6 Å². The number of halogens is 1. The molecule has 1 aromatic carbocycles. The molecule has 1 aliphatic rings. The van der Waals surface area contributed by atoms with Crippen LogP contribution in [0.2, 0.25) is 0 Å². The molecule has 10 heteroatoms. The van der Waals surface area contributed by atoms with E-state index < -0.39 is 15.6 Å². The first-order valence-corrected chi connectivity index (χ1v) is 11.4. The molecule has 164 valence electrons. The van der Waals surface area contributed by atoms with Gasteiger partial charge in [-0.2, -0.15) is 0 Å². The Kier molecular flexibility index (Phi) is 7.84. The van der Waals surface area contributed by atoms with Crippen molar-refractivity contribution in [3.8, 4) is 5.75 Å². The lowest BCUT2D eigenvalue weighted by molar-refractivity contribution is 0.172. The van der Waals surface area contributed by atoms with Crippen LogP contribution in [0.1, 0.15) is 19.4 Å². The molecular weight excluding hydrogens is 397 g/mol. The van der Waals surface area contributed by atoms with Gasteiger partial charge in [0.1, 0.15) is 0 Å². The summed E-state index contributed by atoms with van der Waals surface area (Å²) in [5.41, 5.74) is 0.275. The van der Waals surface area contributed by atoms with Gasteiger partial charge in [-0.3, -0.25) is 9.89 Å². The van der Waals surface area contributed by atoms with Crippen LogP contribution >= 0.6 is 0 Å². The van der Waals surface area contributed by atoms with Crippen molar-refractivity contribution in [1.29, 1.82) is 0 Å². The molecule has 1 fully saturated rings. The highest BCUT2D eigenvalue weighted by Gasteiger charge is 2.25. The van der Waals surface area contributed by atoms with Crippen LogP contribution in [0, 0.1) is 5.82 Å². The summed E-state index contributed by atoms with van der Waals surface area (Å²) in [6.45, 7) is 7.92. The predicted octanol–water partition coefficient (Wildman–Crippen LogP) is 0.855. The van der Waals surface area contributed by atoms with Gasteiger partial charge in [0, 0.05) is 51.9 Å². The van der Waals surface area contributed by atoms with Gasteiger partial charge >= 0.3 is 0 Å². The fourth-order valence-corrected chi connectivity index (χ4v) is 4.43. The zero-order chi connectivity index (χ0) is 21.7. The van der Waals surface area contributed by atoms with E-state index in [0.29, 0.717) is 13.1 Å². The summed E-state index contributed by atoms with van der Waals surface area (Å²) in [5, 5.41) is 3.25. The Hall–Kier alpha value is -1.91. The lowest BCUT2D eigenvalue weighted by Gasteiger charge is -2.37. The SMILES string of the molecule is CN=C(NCC(C)(C)NS(C)(=O)=O)N1CCN(Cc2ccc(OC)c(F)c2)CC1. The highest BCUT2D eigenvalue weighted by molar-refractivity contribution is 7.88. The Morgan fingerprint density at radius 3 is 2.45 bits per heavy atom. The molecule has 2 N–H and O–H groups in total. The van der Waals surface area contributed by atoms with Crippen molar-refractivity contribution in [3.63, 3.8) is 0 Å². The number of rotatable bonds is 7. The maximum Gasteiger partial charge on any atom is 0.209 e. The van der Waals surface area contributed by atoms with Crippen molar-refractivity contribution in [1.82, 2.24) is 19.8 Å². The monoisotopic (exact) mass is 429 g/mol. The van der Waals surface area contributed by atoms with E-state index >= 15 is 0 Å². The van der Waals surface area contributed by atoms with Crippen LogP contribution in [0.15, 0.2) is 23.2 Å². The number of nitrogens with one attached hydrogen (secondary N) is 2. The van der Waals surface area contributed by atoms with Gasteiger partial charge in [0.2, 0.25) is 10.0 Å². The Labute approximate surface area is 173 Å². The van der Waals surface area contributed by atoms with E-state index in [1.807, 2.05) is 19.9 Å². The molecule has 0 unspecified atom stereocenters. The smallest absolute Gasteiger partial charge is 0.209 e. The van der Waals surface area contributed by atoms with Crippen LogP contribution in [-0.4, -0.2) is 82.9 Å². The predicted molar refractivity (Wildman–Crippen MR) is 113 cm³/mol. The largest absolute Gasteiger partial charge is 0.494 e. The number of benzene rings is 1. The van der Waals surface area contributed by atoms with Gasteiger partial charge in [-0.25, -0.2) is 17.5 Å². The topological polar surface area (TPSA) is 86.3 Å². The lowest BCUT2D eigenvalue weighted by Crippen LogP contribution is -2.56. The van der Waals surface area contributed by atoms with Crippen molar-refractivity contribution in [2.45, 2.75) is 25.9 Å². The van der Waals surface area contributed by atoms with E-state index in [4.69, 9.17) is 4.74 Å². The number of hydrogen-bond acceptors (Lipinski definition) is 5. The van der Waals surface area contributed by atoms with Gasteiger partial charge in [-0.05, 0) is 31.5 Å². The second kappa shape index (κ2) is 9.73. The summed E-state index contributed by atoms with van der Waals surface area (Å²) in [4.78, 5) is 8.73. The third-order valence-corrected chi connectivity index (χ3v) is 5.58. The average molecular weight is 430 g/mol. The molecule has 1 aliphatic heterocycles. The second-order valence-electron chi connectivity index (χ2n) is 7.89. The molecule has 29 heavy (non-hydrogen) atoms. The standard InChI is InChI=1S/C19H32FN5O3S/c1-19(2,23-29(5,26)27)14-22-18(21-3)25-10-8-24(9-11-25)13-15-6-7-17(28-4)16(20)12-15/h6-7,12,23H,8-11,13-14H2,1-5H3,(H,21,22). The number of nitrogens with zero attached hydrogens (tertiary/aromatic N) is 3.